The van der Waals surface area contributed by atoms with Crippen molar-refractivity contribution in [3.63, 3.8) is 0 Å². The predicted octanol–water partition coefficient (Wildman–Crippen LogP) is 3.18. The van der Waals surface area contributed by atoms with Gasteiger partial charge in [0.15, 0.2) is 7.83 Å². The zero-order valence-electron chi connectivity index (χ0n) is 8.94. The lowest BCUT2D eigenvalue weighted by molar-refractivity contribution is 0.306. The van der Waals surface area contributed by atoms with Gasteiger partial charge in [0, 0.05) is 6.61 Å². The lowest BCUT2D eigenvalue weighted by Crippen LogP contribution is -2.62. The molecule has 12 heavy (non-hydrogen) atoms. The van der Waals surface area contributed by atoms with Crippen molar-refractivity contribution in [3.05, 3.63) is 0 Å². The summed E-state index contributed by atoms with van der Waals surface area (Å²) in [5, 5.41) is 0. The Kier molecular flexibility index (Phi) is 3.18. The van der Waals surface area contributed by atoms with Gasteiger partial charge in [-0.3, -0.25) is 0 Å². The lowest BCUT2D eigenvalue weighted by Gasteiger charge is -2.46. The lowest BCUT2D eigenvalue weighted by atomic mass is 10.5. The Hall–Kier alpha value is 0.394. The smallest absolute Gasteiger partial charge is 0.174 e. The van der Waals surface area contributed by atoms with Crippen LogP contribution < -0.4 is 0 Å². The number of rotatable bonds is 2. The average Bonchev–Trinajstić information content (AvgIpc) is 2.05. The topological polar surface area (TPSA) is 9.23 Å². The molecular weight excluding hydrogens is 180 g/mol. The number of hydrogen-bond acceptors (Lipinski definition) is 1. The van der Waals surface area contributed by atoms with Crippen LogP contribution in [-0.4, -0.2) is 22.0 Å². The molecule has 1 heterocycles. The zero-order chi connectivity index (χ0) is 9.24. The van der Waals surface area contributed by atoms with E-state index in [1.807, 2.05) is 0 Å². The summed E-state index contributed by atoms with van der Waals surface area (Å²) in [6.07, 6.45) is 1.34. The molecule has 0 unspecified atom stereocenters. The van der Waals surface area contributed by atoms with E-state index >= 15 is 0 Å². The molecule has 0 saturated carbocycles. The molecule has 1 rings (SSSR count). The molecule has 1 saturated heterocycles. The van der Waals surface area contributed by atoms with Gasteiger partial charge in [0.05, 0.1) is 7.59 Å². The van der Waals surface area contributed by atoms with Gasteiger partial charge in [-0.15, -0.1) is 0 Å². The highest BCUT2D eigenvalue weighted by Crippen LogP contribution is 2.36. The molecule has 0 radical (unpaired) electrons. The normalized spacial score (nSPS) is 27.0. The maximum atomic E-state index is 6.06. The van der Waals surface area contributed by atoms with Crippen molar-refractivity contribution >= 4 is 15.4 Å². The molecule has 0 bridgehead atoms. The van der Waals surface area contributed by atoms with Crippen LogP contribution in [-0.2, 0) is 4.43 Å². The van der Waals surface area contributed by atoms with Gasteiger partial charge in [-0.05, 0) is 19.5 Å². The number of hydrogen-bond donors (Lipinski definition) is 0. The molecule has 0 aromatic heterocycles. The van der Waals surface area contributed by atoms with Gasteiger partial charge in [-0.2, -0.15) is 0 Å². The third-order valence-corrected chi connectivity index (χ3v) is 22.4. The molecule has 0 aromatic carbocycles. The Morgan fingerprint density at radius 3 is 2.08 bits per heavy atom. The average molecular weight is 202 g/mol. The van der Waals surface area contributed by atoms with E-state index in [4.69, 9.17) is 4.43 Å². The third kappa shape index (κ3) is 1.54. The molecule has 1 fully saturated rings. The second-order valence-electron chi connectivity index (χ2n) is 4.45. The van der Waals surface area contributed by atoms with E-state index in [0.29, 0.717) is 0 Å². The van der Waals surface area contributed by atoms with E-state index in [2.05, 4.69) is 26.9 Å². The molecule has 1 nitrogen and oxygen atoms in total. The zero-order valence-corrected chi connectivity index (χ0v) is 10.9. The van der Waals surface area contributed by atoms with Gasteiger partial charge in [-0.1, -0.05) is 32.0 Å². The fourth-order valence-electron chi connectivity index (χ4n) is 2.65. The summed E-state index contributed by atoms with van der Waals surface area (Å²) in [7, 11) is -2.17. The van der Waals surface area contributed by atoms with Crippen LogP contribution in [0, 0.1) is 0 Å². The first-order valence-electron chi connectivity index (χ1n) is 5.22. The van der Waals surface area contributed by atoms with Crippen LogP contribution in [0.15, 0.2) is 0 Å². The minimum absolute atomic E-state index is 0.942. The molecule has 0 amide bonds. The van der Waals surface area contributed by atoms with Crippen LogP contribution in [0.25, 0.3) is 0 Å². The molecule has 0 N–H and O–H groups in total. The second-order valence-corrected chi connectivity index (χ2v) is 19.0. The quantitative estimate of drug-likeness (QED) is 0.625. The standard InChI is InChI=1S/C9H22OSi2/c1-5-12(6-2)9-7-8-10-11(12,3)4/h5-9H2,1-4H3. The van der Waals surface area contributed by atoms with Crippen molar-refractivity contribution in [1.82, 2.24) is 0 Å². The Bertz CT molecular complexity index is 153. The molecular formula is C9H22OSi2. The van der Waals surface area contributed by atoms with Crippen molar-refractivity contribution in [2.24, 2.45) is 0 Å². The Balaban J connectivity index is 2.81. The Morgan fingerprint density at radius 2 is 1.75 bits per heavy atom. The maximum absolute atomic E-state index is 6.06. The van der Waals surface area contributed by atoms with Gasteiger partial charge >= 0.3 is 0 Å². The minimum atomic E-state index is -1.23. The van der Waals surface area contributed by atoms with Crippen LogP contribution in [0.3, 0.4) is 0 Å². The predicted molar refractivity (Wildman–Crippen MR) is 59.6 cm³/mol. The van der Waals surface area contributed by atoms with Crippen LogP contribution in [0.5, 0.6) is 0 Å². The summed E-state index contributed by atoms with van der Waals surface area (Å²) in [5.74, 6) is 0. The van der Waals surface area contributed by atoms with E-state index in [9.17, 15) is 0 Å². The highest BCUT2D eigenvalue weighted by molar-refractivity contribution is 7.39. The first-order valence-corrected chi connectivity index (χ1v) is 11.7. The van der Waals surface area contributed by atoms with Crippen LogP contribution >= 0.6 is 0 Å². The summed E-state index contributed by atoms with van der Waals surface area (Å²) >= 11 is 0. The largest absolute Gasteiger partial charge is 0.420 e. The highest BCUT2D eigenvalue weighted by atomic mass is 29.3. The molecule has 0 spiro atoms. The van der Waals surface area contributed by atoms with E-state index in [1.165, 1.54) is 18.5 Å². The van der Waals surface area contributed by atoms with Gasteiger partial charge in [0.1, 0.15) is 0 Å². The monoisotopic (exact) mass is 202 g/mol. The van der Waals surface area contributed by atoms with Gasteiger partial charge in [0.25, 0.3) is 0 Å². The van der Waals surface area contributed by atoms with Crippen LogP contribution in [0.2, 0.25) is 31.2 Å². The van der Waals surface area contributed by atoms with Crippen molar-refractivity contribution < 1.29 is 4.43 Å². The summed E-state index contributed by atoms with van der Waals surface area (Å²) in [5.41, 5.74) is 0. The SMILES string of the molecule is CC[Si]1(CC)CCCO[Si]1(C)C. The van der Waals surface area contributed by atoms with Crippen LogP contribution in [0.1, 0.15) is 20.3 Å². The second kappa shape index (κ2) is 3.64. The minimum Gasteiger partial charge on any atom is -0.420 e. The van der Waals surface area contributed by atoms with Gasteiger partial charge in [-0.25, -0.2) is 0 Å². The van der Waals surface area contributed by atoms with E-state index in [1.54, 1.807) is 6.04 Å². The molecule has 3 heteroatoms. The van der Waals surface area contributed by atoms with Crippen LogP contribution in [0.4, 0.5) is 0 Å². The van der Waals surface area contributed by atoms with Crippen molar-refractivity contribution in [2.75, 3.05) is 6.61 Å². The summed E-state index contributed by atoms with van der Waals surface area (Å²) in [4.78, 5) is 0. The fraction of sp³-hybridized carbons (Fsp3) is 1.00. The van der Waals surface area contributed by atoms with E-state index in [0.717, 1.165) is 6.61 Å². The Labute approximate surface area is 78.4 Å². The molecule has 0 aromatic rings. The molecule has 0 atom stereocenters. The Morgan fingerprint density at radius 1 is 1.17 bits per heavy atom. The summed E-state index contributed by atoms with van der Waals surface area (Å²) < 4.78 is 6.06. The van der Waals surface area contributed by atoms with Crippen molar-refractivity contribution in [2.45, 2.75) is 51.5 Å². The first-order chi connectivity index (χ1) is 5.58. The van der Waals surface area contributed by atoms with Gasteiger partial charge in [0.2, 0.25) is 0 Å². The molecule has 72 valence electrons. The summed E-state index contributed by atoms with van der Waals surface area (Å²) in [6, 6.07) is 4.44. The van der Waals surface area contributed by atoms with E-state index in [-0.39, 0.29) is 0 Å². The fourth-order valence-corrected chi connectivity index (χ4v) is 16.6. The first kappa shape index (κ1) is 10.5. The highest BCUT2D eigenvalue weighted by Gasteiger charge is 2.49. The third-order valence-electron chi connectivity index (χ3n) is 3.89. The van der Waals surface area contributed by atoms with Gasteiger partial charge < -0.3 is 4.43 Å². The summed E-state index contributed by atoms with van der Waals surface area (Å²) in [6.45, 7) is 10.7. The van der Waals surface area contributed by atoms with Crippen molar-refractivity contribution in [1.29, 1.82) is 0 Å². The molecule has 0 aliphatic carbocycles. The molecule has 1 aliphatic rings. The maximum Gasteiger partial charge on any atom is 0.174 e. The molecule has 1 aliphatic heterocycles. The van der Waals surface area contributed by atoms with E-state index < -0.39 is 15.4 Å². The van der Waals surface area contributed by atoms with Crippen molar-refractivity contribution in [3.8, 4) is 0 Å².